The summed E-state index contributed by atoms with van der Waals surface area (Å²) in [6.07, 6.45) is 4.42. The number of aliphatic carboxylic acids is 1. The Morgan fingerprint density at radius 3 is 2.52 bits per heavy atom. The molecule has 1 amide bonds. The van der Waals surface area contributed by atoms with Crippen molar-refractivity contribution in [1.82, 2.24) is 0 Å². The number of rotatable bonds is 5. The van der Waals surface area contributed by atoms with Crippen LogP contribution in [0.5, 0.6) is 0 Å². The van der Waals surface area contributed by atoms with E-state index >= 15 is 0 Å². The van der Waals surface area contributed by atoms with Gasteiger partial charge in [0.1, 0.15) is 0 Å². The van der Waals surface area contributed by atoms with E-state index in [0.717, 1.165) is 5.56 Å². The van der Waals surface area contributed by atoms with Gasteiger partial charge >= 0.3 is 5.97 Å². The van der Waals surface area contributed by atoms with E-state index in [0.29, 0.717) is 12.1 Å². The quantitative estimate of drug-likeness (QED) is 0.723. The lowest BCUT2D eigenvalue weighted by Gasteiger charge is -2.13. The van der Waals surface area contributed by atoms with Crippen LogP contribution < -0.4 is 11.1 Å². The number of carboxylic acid groups (broad SMARTS) is 1. The molecule has 1 aromatic rings. The number of benzene rings is 1. The normalized spacial score (nSPS) is 22.0. The van der Waals surface area contributed by atoms with Crippen LogP contribution >= 0.6 is 0 Å². The van der Waals surface area contributed by atoms with Gasteiger partial charge in [0.15, 0.2) is 0 Å². The average Bonchev–Trinajstić information content (AvgIpc) is 2.85. The first-order valence-electron chi connectivity index (χ1n) is 7.02. The van der Waals surface area contributed by atoms with Crippen molar-refractivity contribution in [1.29, 1.82) is 0 Å². The number of hydrogen-bond donors (Lipinski definition) is 3. The third-order valence-electron chi connectivity index (χ3n) is 3.68. The number of hydrogen-bond acceptors (Lipinski definition) is 3. The number of nitrogens with two attached hydrogens (primary N) is 1. The molecule has 0 saturated carbocycles. The van der Waals surface area contributed by atoms with Gasteiger partial charge in [0.2, 0.25) is 5.91 Å². The van der Waals surface area contributed by atoms with Crippen molar-refractivity contribution in [2.75, 3.05) is 5.32 Å². The highest BCUT2D eigenvalue weighted by molar-refractivity contribution is 5.94. The highest BCUT2D eigenvalue weighted by Gasteiger charge is 2.22. The van der Waals surface area contributed by atoms with E-state index in [1.165, 1.54) is 0 Å². The SMILES string of the molecule is CC(CC(=O)O)c1ccc(NC(=O)C2C=CC(N)C2)cc1. The zero-order valence-corrected chi connectivity index (χ0v) is 12.0. The van der Waals surface area contributed by atoms with Crippen LogP contribution in [0.4, 0.5) is 5.69 Å². The van der Waals surface area contributed by atoms with Crippen molar-refractivity contribution in [3.8, 4) is 0 Å². The third kappa shape index (κ3) is 4.16. The monoisotopic (exact) mass is 288 g/mol. The number of nitrogens with one attached hydrogen (secondary N) is 1. The molecule has 2 rings (SSSR count). The largest absolute Gasteiger partial charge is 0.481 e. The molecule has 1 aliphatic rings. The molecule has 5 nitrogen and oxygen atoms in total. The van der Waals surface area contributed by atoms with Crippen LogP contribution in [0.2, 0.25) is 0 Å². The van der Waals surface area contributed by atoms with Gasteiger partial charge in [0.25, 0.3) is 0 Å². The minimum Gasteiger partial charge on any atom is -0.481 e. The summed E-state index contributed by atoms with van der Waals surface area (Å²) < 4.78 is 0. The molecule has 5 heteroatoms. The van der Waals surface area contributed by atoms with Crippen molar-refractivity contribution in [3.63, 3.8) is 0 Å². The second-order valence-corrected chi connectivity index (χ2v) is 5.50. The highest BCUT2D eigenvalue weighted by atomic mass is 16.4. The second-order valence-electron chi connectivity index (χ2n) is 5.50. The zero-order chi connectivity index (χ0) is 15.4. The van der Waals surface area contributed by atoms with Gasteiger partial charge in [-0.25, -0.2) is 0 Å². The minimum atomic E-state index is -0.816. The van der Waals surface area contributed by atoms with Crippen LogP contribution in [0.15, 0.2) is 36.4 Å². The fourth-order valence-corrected chi connectivity index (χ4v) is 2.43. The lowest BCUT2D eigenvalue weighted by Crippen LogP contribution is -2.23. The third-order valence-corrected chi connectivity index (χ3v) is 3.68. The van der Waals surface area contributed by atoms with E-state index in [1.54, 1.807) is 12.1 Å². The summed E-state index contributed by atoms with van der Waals surface area (Å²) in [6.45, 7) is 1.87. The lowest BCUT2D eigenvalue weighted by molar-refractivity contribution is -0.137. The Balaban J connectivity index is 1.95. The Morgan fingerprint density at radius 2 is 2.00 bits per heavy atom. The number of anilines is 1. The van der Waals surface area contributed by atoms with Crippen molar-refractivity contribution in [2.24, 2.45) is 11.7 Å². The Kier molecular flexibility index (Phi) is 4.75. The predicted molar refractivity (Wildman–Crippen MR) is 81.0 cm³/mol. The maximum absolute atomic E-state index is 12.0. The number of amides is 1. The minimum absolute atomic E-state index is 0.0417. The van der Waals surface area contributed by atoms with E-state index < -0.39 is 5.97 Å². The molecule has 21 heavy (non-hydrogen) atoms. The molecule has 0 spiro atoms. The van der Waals surface area contributed by atoms with Crippen molar-refractivity contribution >= 4 is 17.6 Å². The maximum Gasteiger partial charge on any atom is 0.303 e. The van der Waals surface area contributed by atoms with E-state index in [4.69, 9.17) is 10.8 Å². The van der Waals surface area contributed by atoms with Crippen LogP contribution in [0.3, 0.4) is 0 Å². The first-order valence-corrected chi connectivity index (χ1v) is 7.02. The summed E-state index contributed by atoms with van der Waals surface area (Å²) >= 11 is 0. The maximum atomic E-state index is 12.0. The molecule has 0 aromatic heterocycles. The molecule has 3 unspecified atom stereocenters. The molecule has 1 aliphatic carbocycles. The number of carbonyl (C=O) groups excluding carboxylic acids is 1. The fourth-order valence-electron chi connectivity index (χ4n) is 2.43. The van der Waals surface area contributed by atoms with Crippen molar-refractivity contribution < 1.29 is 14.7 Å². The summed E-state index contributed by atoms with van der Waals surface area (Å²) in [5.74, 6) is -1.11. The summed E-state index contributed by atoms with van der Waals surface area (Å²) in [7, 11) is 0. The van der Waals surface area contributed by atoms with Gasteiger partial charge in [-0.1, -0.05) is 31.2 Å². The van der Waals surface area contributed by atoms with Crippen LogP contribution in [-0.4, -0.2) is 23.0 Å². The Morgan fingerprint density at radius 1 is 1.33 bits per heavy atom. The highest BCUT2D eigenvalue weighted by Crippen LogP contribution is 2.22. The van der Waals surface area contributed by atoms with Gasteiger partial charge in [0.05, 0.1) is 12.3 Å². The summed E-state index contributed by atoms with van der Waals surface area (Å²) in [5.41, 5.74) is 7.39. The Hall–Kier alpha value is -2.14. The number of carboxylic acids is 1. The first kappa shape index (κ1) is 15.3. The molecule has 0 heterocycles. The first-order chi connectivity index (χ1) is 9.95. The lowest BCUT2D eigenvalue weighted by atomic mass is 9.97. The topological polar surface area (TPSA) is 92.4 Å². The van der Waals surface area contributed by atoms with Gasteiger partial charge in [-0.05, 0) is 30.0 Å². The van der Waals surface area contributed by atoms with Gasteiger partial charge in [-0.15, -0.1) is 0 Å². The van der Waals surface area contributed by atoms with E-state index in [9.17, 15) is 9.59 Å². The molecule has 112 valence electrons. The van der Waals surface area contributed by atoms with Crippen molar-refractivity contribution in [2.45, 2.75) is 31.7 Å². The molecule has 4 N–H and O–H groups in total. The molecule has 0 aliphatic heterocycles. The van der Waals surface area contributed by atoms with Crippen LogP contribution in [0, 0.1) is 5.92 Å². The molecule has 0 radical (unpaired) electrons. The van der Waals surface area contributed by atoms with E-state index in [-0.39, 0.29) is 30.2 Å². The number of carbonyl (C=O) groups is 2. The van der Waals surface area contributed by atoms with Crippen LogP contribution in [-0.2, 0) is 9.59 Å². The van der Waals surface area contributed by atoms with Crippen LogP contribution in [0.1, 0.15) is 31.2 Å². The molecule has 0 fully saturated rings. The summed E-state index contributed by atoms with van der Waals surface area (Å²) in [6, 6.07) is 7.24. The van der Waals surface area contributed by atoms with Crippen LogP contribution in [0.25, 0.3) is 0 Å². The van der Waals surface area contributed by atoms with E-state index in [1.807, 2.05) is 31.2 Å². The van der Waals surface area contributed by atoms with E-state index in [2.05, 4.69) is 5.32 Å². The fraction of sp³-hybridized carbons (Fsp3) is 0.375. The predicted octanol–water partition coefficient (Wildman–Crippen LogP) is 2.11. The Labute approximate surface area is 123 Å². The summed E-state index contributed by atoms with van der Waals surface area (Å²) in [4.78, 5) is 22.7. The molecule has 0 saturated heterocycles. The molecular formula is C16H20N2O3. The Bertz CT molecular complexity index is 551. The summed E-state index contributed by atoms with van der Waals surface area (Å²) in [5, 5.41) is 11.6. The van der Waals surface area contributed by atoms with Gasteiger partial charge in [0, 0.05) is 11.7 Å². The molecule has 1 aromatic carbocycles. The van der Waals surface area contributed by atoms with Gasteiger partial charge < -0.3 is 16.2 Å². The van der Waals surface area contributed by atoms with Crippen molar-refractivity contribution in [3.05, 3.63) is 42.0 Å². The molecule has 3 atom stereocenters. The van der Waals surface area contributed by atoms with Gasteiger partial charge in [-0.2, -0.15) is 0 Å². The second kappa shape index (κ2) is 6.54. The zero-order valence-electron chi connectivity index (χ0n) is 12.0. The molecular weight excluding hydrogens is 268 g/mol. The molecule has 0 bridgehead atoms. The standard InChI is InChI=1S/C16H20N2O3/c1-10(8-15(19)20)11-3-6-14(7-4-11)18-16(21)12-2-5-13(17)9-12/h2-7,10,12-13H,8-9,17H2,1H3,(H,18,21)(H,19,20). The van der Waals surface area contributed by atoms with Gasteiger partial charge in [-0.3, -0.25) is 9.59 Å². The average molecular weight is 288 g/mol. The smallest absolute Gasteiger partial charge is 0.303 e.